The number of anilines is 2. The molecule has 2 rings (SSSR count). The summed E-state index contributed by atoms with van der Waals surface area (Å²) >= 11 is 0. The first-order valence-electron chi connectivity index (χ1n) is 6.72. The van der Waals surface area contributed by atoms with Gasteiger partial charge in [0.2, 0.25) is 17.8 Å². The average molecular weight is 280 g/mol. The molecule has 0 unspecified atom stereocenters. The predicted octanol–water partition coefficient (Wildman–Crippen LogP) is 0.346. The molecule has 1 saturated heterocycles. The SMILES string of the molecule is CNc1nc(NCC(=O)N2CCCCC2)nc(OC)n1. The van der Waals surface area contributed by atoms with E-state index in [0.29, 0.717) is 11.9 Å². The maximum absolute atomic E-state index is 12.0. The number of piperidine rings is 1. The van der Waals surface area contributed by atoms with Crippen molar-refractivity contribution in [3.8, 4) is 6.01 Å². The van der Waals surface area contributed by atoms with Crippen LogP contribution in [0.5, 0.6) is 6.01 Å². The Morgan fingerprint density at radius 2 is 1.90 bits per heavy atom. The lowest BCUT2D eigenvalue weighted by Gasteiger charge is -2.26. The van der Waals surface area contributed by atoms with Gasteiger partial charge in [-0.25, -0.2) is 0 Å². The summed E-state index contributed by atoms with van der Waals surface area (Å²) in [4.78, 5) is 26.1. The fraction of sp³-hybridized carbons (Fsp3) is 0.667. The molecule has 1 aliphatic heterocycles. The molecule has 2 N–H and O–H groups in total. The van der Waals surface area contributed by atoms with Crippen LogP contribution in [-0.2, 0) is 4.79 Å². The second-order valence-corrected chi connectivity index (χ2v) is 4.51. The van der Waals surface area contributed by atoms with Crippen molar-refractivity contribution in [2.24, 2.45) is 0 Å². The van der Waals surface area contributed by atoms with Gasteiger partial charge in [0.05, 0.1) is 13.7 Å². The highest BCUT2D eigenvalue weighted by atomic mass is 16.5. The fourth-order valence-corrected chi connectivity index (χ4v) is 2.05. The van der Waals surface area contributed by atoms with Crippen LogP contribution in [0.25, 0.3) is 0 Å². The smallest absolute Gasteiger partial charge is 0.322 e. The first-order chi connectivity index (χ1) is 9.72. The Kier molecular flexibility index (Phi) is 4.91. The number of amides is 1. The maximum Gasteiger partial charge on any atom is 0.322 e. The minimum absolute atomic E-state index is 0.0649. The third-order valence-corrected chi connectivity index (χ3v) is 3.13. The van der Waals surface area contributed by atoms with Gasteiger partial charge in [0, 0.05) is 20.1 Å². The molecule has 1 aliphatic rings. The monoisotopic (exact) mass is 280 g/mol. The van der Waals surface area contributed by atoms with Gasteiger partial charge in [-0.15, -0.1) is 0 Å². The standard InChI is InChI=1S/C12H20N6O2/c1-13-10-15-11(17-12(16-10)20-2)14-8-9(19)18-6-4-3-5-7-18/h3-8H2,1-2H3,(H2,13,14,15,16,17). The topological polar surface area (TPSA) is 92.3 Å². The van der Waals surface area contributed by atoms with Crippen LogP contribution in [0.15, 0.2) is 0 Å². The molecule has 20 heavy (non-hydrogen) atoms. The van der Waals surface area contributed by atoms with Crippen molar-refractivity contribution in [2.75, 3.05) is 44.4 Å². The molecule has 1 amide bonds. The van der Waals surface area contributed by atoms with Crippen LogP contribution in [0.1, 0.15) is 19.3 Å². The van der Waals surface area contributed by atoms with Gasteiger partial charge in [0.15, 0.2) is 0 Å². The zero-order chi connectivity index (χ0) is 14.4. The number of carbonyl (C=O) groups is 1. The molecule has 0 aliphatic carbocycles. The maximum atomic E-state index is 12.0. The van der Waals surface area contributed by atoms with E-state index in [1.807, 2.05) is 4.90 Å². The van der Waals surface area contributed by atoms with E-state index in [4.69, 9.17) is 4.74 Å². The van der Waals surface area contributed by atoms with Crippen LogP contribution in [0.4, 0.5) is 11.9 Å². The molecule has 1 aromatic rings. The number of hydrogen-bond donors (Lipinski definition) is 2. The molecular weight excluding hydrogens is 260 g/mol. The van der Waals surface area contributed by atoms with Gasteiger partial charge in [-0.1, -0.05) is 0 Å². The second-order valence-electron chi connectivity index (χ2n) is 4.51. The molecule has 2 heterocycles. The number of ether oxygens (including phenoxy) is 1. The molecule has 8 nitrogen and oxygen atoms in total. The van der Waals surface area contributed by atoms with Crippen LogP contribution in [-0.4, -0.2) is 59.6 Å². The summed E-state index contributed by atoms with van der Waals surface area (Å²) < 4.78 is 4.98. The van der Waals surface area contributed by atoms with Crippen molar-refractivity contribution < 1.29 is 9.53 Å². The zero-order valence-corrected chi connectivity index (χ0v) is 11.8. The first kappa shape index (κ1) is 14.3. The molecule has 0 atom stereocenters. The number of rotatable bonds is 5. The van der Waals surface area contributed by atoms with E-state index < -0.39 is 0 Å². The minimum atomic E-state index is 0.0649. The van der Waals surface area contributed by atoms with Crippen LogP contribution >= 0.6 is 0 Å². The molecular formula is C12H20N6O2. The summed E-state index contributed by atoms with van der Waals surface area (Å²) in [6, 6.07) is 0.206. The number of aromatic nitrogens is 3. The van der Waals surface area contributed by atoms with Crippen molar-refractivity contribution in [1.29, 1.82) is 0 Å². The molecule has 0 aromatic carbocycles. The van der Waals surface area contributed by atoms with Gasteiger partial charge >= 0.3 is 6.01 Å². The number of hydrogen-bond acceptors (Lipinski definition) is 7. The third-order valence-electron chi connectivity index (χ3n) is 3.13. The highest BCUT2D eigenvalue weighted by molar-refractivity contribution is 5.80. The summed E-state index contributed by atoms with van der Waals surface area (Å²) in [7, 11) is 3.19. The molecule has 0 bridgehead atoms. The third kappa shape index (κ3) is 3.69. The van der Waals surface area contributed by atoms with E-state index >= 15 is 0 Å². The summed E-state index contributed by atoms with van der Waals surface area (Å²) in [5.41, 5.74) is 0. The summed E-state index contributed by atoms with van der Waals surface area (Å²) in [6.07, 6.45) is 3.36. The van der Waals surface area contributed by atoms with E-state index in [2.05, 4.69) is 25.6 Å². The van der Waals surface area contributed by atoms with Gasteiger partial charge in [-0.05, 0) is 19.3 Å². The van der Waals surface area contributed by atoms with E-state index in [0.717, 1.165) is 25.9 Å². The molecule has 110 valence electrons. The Hall–Kier alpha value is -2.12. The first-order valence-corrected chi connectivity index (χ1v) is 6.72. The highest BCUT2D eigenvalue weighted by Crippen LogP contribution is 2.11. The predicted molar refractivity (Wildman–Crippen MR) is 74.8 cm³/mol. The molecule has 1 aromatic heterocycles. The number of likely N-dealkylation sites (tertiary alicyclic amines) is 1. The minimum Gasteiger partial charge on any atom is -0.467 e. The Labute approximate surface area is 118 Å². The average Bonchev–Trinajstić information content (AvgIpc) is 2.53. The lowest BCUT2D eigenvalue weighted by Crippen LogP contribution is -2.39. The molecule has 0 radical (unpaired) electrons. The summed E-state index contributed by atoms with van der Waals surface area (Å²) in [6.45, 7) is 1.85. The van der Waals surface area contributed by atoms with Crippen LogP contribution in [0.2, 0.25) is 0 Å². The molecule has 1 fully saturated rings. The fourth-order valence-electron chi connectivity index (χ4n) is 2.05. The number of methoxy groups -OCH3 is 1. The quantitative estimate of drug-likeness (QED) is 0.803. The lowest BCUT2D eigenvalue weighted by atomic mass is 10.1. The van der Waals surface area contributed by atoms with Crippen molar-refractivity contribution >= 4 is 17.8 Å². The molecule has 0 saturated carbocycles. The number of carbonyl (C=O) groups excluding carboxylic acids is 1. The Bertz CT molecular complexity index is 439. The second kappa shape index (κ2) is 6.88. The van der Waals surface area contributed by atoms with E-state index in [9.17, 15) is 4.79 Å². The van der Waals surface area contributed by atoms with E-state index in [-0.39, 0.29) is 18.5 Å². The van der Waals surface area contributed by atoms with Gasteiger partial charge < -0.3 is 20.3 Å². The van der Waals surface area contributed by atoms with Gasteiger partial charge in [-0.3, -0.25) is 4.79 Å². The van der Waals surface area contributed by atoms with Crippen LogP contribution in [0.3, 0.4) is 0 Å². The normalized spacial score (nSPS) is 14.8. The van der Waals surface area contributed by atoms with E-state index in [1.54, 1.807) is 7.05 Å². The van der Waals surface area contributed by atoms with Crippen molar-refractivity contribution in [3.63, 3.8) is 0 Å². The summed E-state index contributed by atoms with van der Waals surface area (Å²) in [5, 5.41) is 5.73. The van der Waals surface area contributed by atoms with Gasteiger partial charge in [-0.2, -0.15) is 15.0 Å². The lowest BCUT2D eigenvalue weighted by molar-refractivity contribution is -0.130. The van der Waals surface area contributed by atoms with Crippen LogP contribution < -0.4 is 15.4 Å². The molecule has 8 heteroatoms. The Morgan fingerprint density at radius 1 is 1.20 bits per heavy atom. The number of nitrogens with one attached hydrogen (secondary N) is 2. The largest absolute Gasteiger partial charge is 0.467 e. The molecule has 0 spiro atoms. The van der Waals surface area contributed by atoms with E-state index in [1.165, 1.54) is 13.5 Å². The van der Waals surface area contributed by atoms with Gasteiger partial charge in [0.1, 0.15) is 0 Å². The van der Waals surface area contributed by atoms with Crippen molar-refractivity contribution in [3.05, 3.63) is 0 Å². The Morgan fingerprint density at radius 3 is 2.55 bits per heavy atom. The van der Waals surface area contributed by atoms with Crippen molar-refractivity contribution in [1.82, 2.24) is 19.9 Å². The van der Waals surface area contributed by atoms with Gasteiger partial charge in [0.25, 0.3) is 0 Å². The van der Waals surface area contributed by atoms with Crippen molar-refractivity contribution in [2.45, 2.75) is 19.3 Å². The Balaban J connectivity index is 1.94. The zero-order valence-electron chi connectivity index (χ0n) is 11.8. The number of nitrogens with zero attached hydrogens (tertiary/aromatic N) is 4. The highest BCUT2D eigenvalue weighted by Gasteiger charge is 2.16. The summed E-state index contributed by atoms with van der Waals surface area (Å²) in [5.74, 6) is 0.784. The van der Waals surface area contributed by atoms with Crippen LogP contribution in [0, 0.1) is 0 Å².